The van der Waals surface area contributed by atoms with E-state index in [1.54, 1.807) is 0 Å². The van der Waals surface area contributed by atoms with Crippen LogP contribution in [-0.4, -0.2) is 23.5 Å². The van der Waals surface area contributed by atoms with Crippen molar-refractivity contribution in [1.29, 1.82) is 0 Å². The molecule has 1 aromatic heterocycles. The maximum absolute atomic E-state index is 6.05. The highest BCUT2D eigenvalue weighted by Crippen LogP contribution is 2.36. The summed E-state index contributed by atoms with van der Waals surface area (Å²) in [5.74, 6) is 0.661. The minimum absolute atomic E-state index is 0.439. The second-order valence-corrected chi connectivity index (χ2v) is 7.08. The number of hydrogen-bond acceptors (Lipinski definition) is 3. The first-order chi connectivity index (χ1) is 9.13. The van der Waals surface area contributed by atoms with E-state index in [2.05, 4.69) is 43.2 Å². The summed E-state index contributed by atoms with van der Waals surface area (Å²) in [5.41, 5.74) is 6.05. The first-order valence-corrected chi connectivity index (χ1v) is 8.56. The molecule has 1 aromatic rings. The number of thiophene rings is 1. The normalized spacial score (nSPS) is 26.0. The van der Waals surface area contributed by atoms with Gasteiger partial charge in [-0.05, 0) is 49.6 Å². The lowest BCUT2D eigenvalue weighted by Crippen LogP contribution is -2.44. The Morgan fingerprint density at radius 1 is 1.32 bits per heavy atom. The molecule has 0 aliphatic heterocycles. The van der Waals surface area contributed by atoms with Gasteiger partial charge in [0.25, 0.3) is 0 Å². The lowest BCUT2D eigenvalue weighted by atomic mass is 9.88. The zero-order valence-corrected chi connectivity index (χ0v) is 13.3. The van der Waals surface area contributed by atoms with Gasteiger partial charge in [-0.3, -0.25) is 4.90 Å². The van der Waals surface area contributed by atoms with Gasteiger partial charge >= 0.3 is 0 Å². The molecule has 19 heavy (non-hydrogen) atoms. The van der Waals surface area contributed by atoms with Gasteiger partial charge in [0, 0.05) is 23.0 Å². The molecule has 1 atom stereocenters. The summed E-state index contributed by atoms with van der Waals surface area (Å²) in [4.78, 5) is 4.24. The van der Waals surface area contributed by atoms with E-state index in [9.17, 15) is 0 Å². The first kappa shape index (κ1) is 15.0. The Labute approximate surface area is 122 Å². The molecular formula is C16H28N2S. The van der Waals surface area contributed by atoms with E-state index < -0.39 is 0 Å². The van der Waals surface area contributed by atoms with Gasteiger partial charge in [-0.2, -0.15) is 0 Å². The zero-order valence-electron chi connectivity index (χ0n) is 12.5. The zero-order chi connectivity index (χ0) is 13.8. The van der Waals surface area contributed by atoms with Crippen molar-refractivity contribution in [2.45, 2.75) is 64.6 Å². The summed E-state index contributed by atoms with van der Waals surface area (Å²) < 4.78 is 0. The Bertz CT molecular complexity index is 353. The van der Waals surface area contributed by atoms with E-state index >= 15 is 0 Å². The summed E-state index contributed by atoms with van der Waals surface area (Å²) in [6.07, 6.45) is 4.92. The highest BCUT2D eigenvalue weighted by Gasteiger charge is 2.31. The van der Waals surface area contributed by atoms with Crippen LogP contribution in [0.2, 0.25) is 0 Å². The maximum Gasteiger partial charge on any atom is 0.0467 e. The van der Waals surface area contributed by atoms with Crippen LogP contribution >= 0.6 is 11.3 Å². The van der Waals surface area contributed by atoms with Gasteiger partial charge in [-0.1, -0.05) is 26.8 Å². The molecule has 0 radical (unpaired) electrons. The molecule has 2 nitrogen and oxygen atoms in total. The van der Waals surface area contributed by atoms with Crippen LogP contribution < -0.4 is 5.73 Å². The van der Waals surface area contributed by atoms with Crippen LogP contribution in [0.15, 0.2) is 17.5 Å². The monoisotopic (exact) mass is 280 g/mol. The van der Waals surface area contributed by atoms with Crippen LogP contribution in [0.4, 0.5) is 0 Å². The quantitative estimate of drug-likeness (QED) is 0.882. The molecule has 0 amide bonds. The van der Waals surface area contributed by atoms with Crippen LogP contribution in [0.1, 0.15) is 57.4 Å². The van der Waals surface area contributed by atoms with Crippen molar-refractivity contribution in [2.75, 3.05) is 6.54 Å². The Hall–Kier alpha value is -0.380. The van der Waals surface area contributed by atoms with E-state index in [1.165, 1.54) is 30.6 Å². The summed E-state index contributed by atoms with van der Waals surface area (Å²) in [6, 6.07) is 6.21. The van der Waals surface area contributed by atoms with E-state index in [0.717, 1.165) is 12.6 Å². The predicted molar refractivity (Wildman–Crippen MR) is 84.5 cm³/mol. The largest absolute Gasteiger partial charge is 0.328 e. The Kier molecular flexibility index (Phi) is 5.43. The fourth-order valence-electron chi connectivity index (χ4n) is 3.45. The van der Waals surface area contributed by atoms with Gasteiger partial charge in [0.1, 0.15) is 0 Å². The molecule has 3 heteroatoms. The Morgan fingerprint density at radius 3 is 2.47 bits per heavy atom. The average molecular weight is 280 g/mol. The van der Waals surface area contributed by atoms with E-state index in [4.69, 9.17) is 5.73 Å². The lowest BCUT2D eigenvalue weighted by Gasteiger charge is -2.42. The fraction of sp³-hybridized carbons (Fsp3) is 0.750. The van der Waals surface area contributed by atoms with E-state index in [-0.39, 0.29) is 0 Å². The van der Waals surface area contributed by atoms with Crippen molar-refractivity contribution in [1.82, 2.24) is 4.90 Å². The average Bonchev–Trinajstić information content (AvgIpc) is 2.90. The highest BCUT2D eigenvalue weighted by atomic mass is 32.1. The minimum Gasteiger partial charge on any atom is -0.328 e. The molecule has 1 fully saturated rings. The van der Waals surface area contributed by atoms with Crippen LogP contribution in [0.25, 0.3) is 0 Å². The van der Waals surface area contributed by atoms with Crippen LogP contribution in [-0.2, 0) is 0 Å². The predicted octanol–water partition coefficient (Wildman–Crippen LogP) is 4.04. The number of nitrogens with two attached hydrogens (primary N) is 1. The van der Waals surface area contributed by atoms with Crippen molar-refractivity contribution >= 4 is 11.3 Å². The third-order valence-corrected chi connectivity index (χ3v) is 5.34. The second kappa shape index (κ2) is 6.87. The van der Waals surface area contributed by atoms with Crippen molar-refractivity contribution in [2.24, 2.45) is 11.7 Å². The molecule has 108 valence electrons. The molecule has 1 unspecified atom stereocenters. The van der Waals surface area contributed by atoms with Gasteiger partial charge in [-0.15, -0.1) is 11.3 Å². The first-order valence-electron chi connectivity index (χ1n) is 7.68. The van der Waals surface area contributed by atoms with Crippen molar-refractivity contribution in [3.05, 3.63) is 22.4 Å². The maximum atomic E-state index is 6.05. The third-order valence-electron chi connectivity index (χ3n) is 4.40. The standard InChI is InChI=1S/C16H28N2S/c1-4-18(14-9-7-13(17)8-10-14)16(12(2)3)15-6-5-11-19-15/h5-6,11-14,16H,4,7-10,17H2,1-3H3. The smallest absolute Gasteiger partial charge is 0.0467 e. The molecule has 2 rings (SSSR count). The van der Waals surface area contributed by atoms with Gasteiger partial charge in [0.05, 0.1) is 0 Å². The number of rotatable bonds is 5. The van der Waals surface area contributed by atoms with Crippen molar-refractivity contribution < 1.29 is 0 Å². The van der Waals surface area contributed by atoms with Gasteiger partial charge < -0.3 is 5.73 Å². The van der Waals surface area contributed by atoms with E-state index in [0.29, 0.717) is 18.0 Å². The molecule has 0 saturated heterocycles. The minimum atomic E-state index is 0.439. The molecule has 2 N–H and O–H groups in total. The SMILES string of the molecule is CCN(C1CCC(N)CC1)C(c1cccs1)C(C)C. The highest BCUT2D eigenvalue weighted by molar-refractivity contribution is 7.10. The molecule has 0 bridgehead atoms. The Balaban J connectivity index is 2.13. The molecular weight excluding hydrogens is 252 g/mol. The van der Waals surface area contributed by atoms with Crippen molar-refractivity contribution in [3.63, 3.8) is 0 Å². The van der Waals surface area contributed by atoms with Crippen LogP contribution in [0.3, 0.4) is 0 Å². The van der Waals surface area contributed by atoms with Crippen molar-refractivity contribution in [3.8, 4) is 0 Å². The summed E-state index contributed by atoms with van der Waals surface area (Å²) >= 11 is 1.90. The second-order valence-electron chi connectivity index (χ2n) is 6.10. The van der Waals surface area contributed by atoms with Crippen LogP contribution in [0.5, 0.6) is 0 Å². The third kappa shape index (κ3) is 3.59. The summed E-state index contributed by atoms with van der Waals surface area (Å²) in [7, 11) is 0. The molecule has 1 aliphatic carbocycles. The van der Waals surface area contributed by atoms with Gasteiger partial charge in [-0.25, -0.2) is 0 Å². The van der Waals surface area contributed by atoms with Gasteiger partial charge in [0.15, 0.2) is 0 Å². The molecule has 1 heterocycles. The summed E-state index contributed by atoms with van der Waals surface area (Å²) in [6.45, 7) is 8.14. The topological polar surface area (TPSA) is 29.3 Å². The van der Waals surface area contributed by atoms with E-state index in [1.807, 2.05) is 11.3 Å². The fourth-order valence-corrected chi connectivity index (χ4v) is 4.47. The molecule has 0 spiro atoms. The number of hydrogen-bond donors (Lipinski definition) is 1. The van der Waals surface area contributed by atoms with Gasteiger partial charge in [0.2, 0.25) is 0 Å². The molecule has 1 saturated carbocycles. The lowest BCUT2D eigenvalue weighted by molar-refractivity contribution is 0.0817. The van der Waals surface area contributed by atoms with Crippen LogP contribution in [0, 0.1) is 5.92 Å². The Morgan fingerprint density at radius 2 is 2.00 bits per heavy atom. The molecule has 0 aromatic carbocycles. The molecule has 1 aliphatic rings. The number of nitrogens with zero attached hydrogens (tertiary/aromatic N) is 1. The summed E-state index contributed by atoms with van der Waals surface area (Å²) in [5, 5.41) is 2.20.